The molecule has 98 valence electrons. The summed E-state index contributed by atoms with van der Waals surface area (Å²) in [6.45, 7) is 0. The molecule has 0 heterocycles. The summed E-state index contributed by atoms with van der Waals surface area (Å²) >= 11 is 0. The van der Waals surface area contributed by atoms with Crippen LogP contribution in [0.4, 0.5) is 0 Å². The molecule has 3 N–H and O–H groups in total. The van der Waals surface area contributed by atoms with Crippen LogP contribution in [0.3, 0.4) is 0 Å². The summed E-state index contributed by atoms with van der Waals surface area (Å²) in [7, 11) is -3.34. The van der Waals surface area contributed by atoms with Crippen molar-refractivity contribution in [3.8, 4) is 0 Å². The van der Waals surface area contributed by atoms with Crippen molar-refractivity contribution >= 4 is 21.7 Å². The maximum atomic E-state index is 11.5. The van der Waals surface area contributed by atoms with Crippen LogP contribution in [0.1, 0.15) is 25.7 Å². The molecule has 0 radical (unpaired) electrons. The highest BCUT2D eigenvalue weighted by atomic mass is 32.2. The van der Waals surface area contributed by atoms with Crippen LogP contribution in [-0.4, -0.2) is 38.3 Å². The minimum Gasteiger partial charge on any atom is -0.369 e. The molecule has 0 aromatic rings. The van der Waals surface area contributed by atoms with Crippen molar-refractivity contribution in [2.75, 3.05) is 12.0 Å². The second kappa shape index (κ2) is 5.48. The molecule has 0 aliphatic heterocycles. The highest BCUT2D eigenvalue weighted by molar-refractivity contribution is 7.91. The molecule has 2 atom stereocenters. The van der Waals surface area contributed by atoms with Gasteiger partial charge in [0.15, 0.2) is 9.84 Å². The fraction of sp³-hybridized carbons (Fsp3) is 0.800. The Bertz CT molecular complexity index is 405. The Kier molecular flexibility index (Phi) is 4.50. The number of rotatable bonds is 4. The average Bonchev–Trinajstić information content (AvgIpc) is 2.14. The first-order valence-corrected chi connectivity index (χ1v) is 7.62. The molecule has 7 heteroatoms. The molecule has 0 saturated heterocycles. The smallest absolute Gasteiger partial charge is 0.235 e. The van der Waals surface area contributed by atoms with E-state index in [0.717, 1.165) is 19.1 Å². The number of nitrogens with one attached hydrogen (secondary N) is 1. The zero-order chi connectivity index (χ0) is 13.1. The lowest BCUT2D eigenvalue weighted by molar-refractivity contribution is -0.125. The standard InChI is InChI=1S/C10H18N2O4S/c1-17(15,16)6-9(13)12-8-5-3-2-4-7(8)10(11)14/h7-8H,2-6H2,1H3,(H2,11,14)(H,12,13). The maximum absolute atomic E-state index is 11.5. The van der Waals surface area contributed by atoms with E-state index in [1.54, 1.807) is 0 Å². The molecule has 17 heavy (non-hydrogen) atoms. The molecule has 1 aliphatic rings. The third-order valence-electron chi connectivity index (χ3n) is 2.87. The Hall–Kier alpha value is -1.11. The number of carbonyl (C=O) groups excluding carboxylic acids is 2. The second-order valence-corrected chi connectivity index (χ2v) is 6.68. The highest BCUT2D eigenvalue weighted by Crippen LogP contribution is 2.24. The van der Waals surface area contributed by atoms with Gasteiger partial charge in [0, 0.05) is 12.3 Å². The lowest BCUT2D eigenvalue weighted by Crippen LogP contribution is -2.48. The Morgan fingerprint density at radius 3 is 2.41 bits per heavy atom. The van der Waals surface area contributed by atoms with Crippen LogP contribution in [0.5, 0.6) is 0 Å². The van der Waals surface area contributed by atoms with Crippen LogP contribution in [0.15, 0.2) is 0 Å². The second-order valence-electron chi connectivity index (χ2n) is 4.54. The van der Waals surface area contributed by atoms with E-state index in [4.69, 9.17) is 5.73 Å². The topological polar surface area (TPSA) is 106 Å². The summed E-state index contributed by atoms with van der Waals surface area (Å²) in [6, 6.07) is -0.324. The van der Waals surface area contributed by atoms with Crippen molar-refractivity contribution in [3.05, 3.63) is 0 Å². The first-order valence-electron chi connectivity index (χ1n) is 5.56. The lowest BCUT2D eigenvalue weighted by atomic mass is 9.84. The largest absolute Gasteiger partial charge is 0.369 e. The van der Waals surface area contributed by atoms with Gasteiger partial charge in [-0.2, -0.15) is 0 Å². The van der Waals surface area contributed by atoms with Crippen molar-refractivity contribution in [1.29, 1.82) is 0 Å². The minimum absolute atomic E-state index is 0.324. The van der Waals surface area contributed by atoms with Crippen molar-refractivity contribution in [3.63, 3.8) is 0 Å². The molecule has 1 saturated carbocycles. The number of sulfone groups is 1. The Morgan fingerprint density at radius 1 is 1.29 bits per heavy atom. The zero-order valence-electron chi connectivity index (χ0n) is 9.81. The van der Waals surface area contributed by atoms with Crippen LogP contribution in [-0.2, 0) is 19.4 Å². The van der Waals surface area contributed by atoms with Crippen molar-refractivity contribution < 1.29 is 18.0 Å². The van der Waals surface area contributed by atoms with Gasteiger partial charge in [0.2, 0.25) is 11.8 Å². The van der Waals surface area contributed by atoms with E-state index in [0.29, 0.717) is 12.8 Å². The third-order valence-corrected chi connectivity index (χ3v) is 3.66. The Labute approximate surface area is 101 Å². The summed E-state index contributed by atoms with van der Waals surface area (Å²) in [5.41, 5.74) is 5.25. The van der Waals surface area contributed by atoms with Gasteiger partial charge in [-0.15, -0.1) is 0 Å². The molecular weight excluding hydrogens is 244 g/mol. The summed E-state index contributed by atoms with van der Waals surface area (Å²) < 4.78 is 21.9. The number of amides is 2. The van der Waals surface area contributed by atoms with Crippen molar-refractivity contribution in [1.82, 2.24) is 5.32 Å². The molecule has 0 spiro atoms. The van der Waals surface area contributed by atoms with Gasteiger partial charge in [0.1, 0.15) is 5.75 Å². The summed E-state index contributed by atoms with van der Waals surface area (Å²) in [4.78, 5) is 22.6. The van der Waals surface area contributed by atoms with Crippen LogP contribution in [0, 0.1) is 5.92 Å². The molecule has 1 rings (SSSR count). The van der Waals surface area contributed by atoms with E-state index in [1.165, 1.54) is 0 Å². The SMILES string of the molecule is CS(=O)(=O)CC(=O)NC1CCCCC1C(N)=O. The minimum atomic E-state index is -3.34. The number of hydrogen-bond donors (Lipinski definition) is 2. The van der Waals surface area contributed by atoms with Crippen molar-refractivity contribution in [2.24, 2.45) is 11.7 Å². The van der Waals surface area contributed by atoms with Gasteiger partial charge in [0.25, 0.3) is 0 Å². The summed E-state index contributed by atoms with van der Waals surface area (Å²) in [5.74, 6) is -1.93. The van der Waals surface area contributed by atoms with E-state index in [9.17, 15) is 18.0 Å². The predicted octanol–water partition coefficient (Wildman–Crippen LogP) is -0.809. The number of primary amides is 1. The monoisotopic (exact) mass is 262 g/mol. The van der Waals surface area contributed by atoms with Gasteiger partial charge < -0.3 is 11.1 Å². The average molecular weight is 262 g/mol. The quantitative estimate of drug-likeness (QED) is 0.691. The molecule has 0 bridgehead atoms. The number of nitrogens with two attached hydrogens (primary N) is 1. The van der Waals surface area contributed by atoms with Gasteiger partial charge in [-0.25, -0.2) is 8.42 Å². The number of hydrogen-bond acceptors (Lipinski definition) is 4. The first-order chi connectivity index (χ1) is 7.79. The van der Waals surface area contributed by atoms with Gasteiger partial charge in [-0.1, -0.05) is 12.8 Å². The molecular formula is C10H18N2O4S. The molecule has 2 amide bonds. The van der Waals surface area contributed by atoms with Gasteiger partial charge in [-0.05, 0) is 12.8 Å². The van der Waals surface area contributed by atoms with E-state index < -0.39 is 27.4 Å². The van der Waals surface area contributed by atoms with Crippen LogP contribution >= 0.6 is 0 Å². The number of carbonyl (C=O) groups is 2. The van der Waals surface area contributed by atoms with Crippen molar-refractivity contribution in [2.45, 2.75) is 31.7 Å². The van der Waals surface area contributed by atoms with E-state index in [1.807, 2.05) is 0 Å². The molecule has 6 nitrogen and oxygen atoms in total. The Balaban J connectivity index is 2.59. The fourth-order valence-corrected chi connectivity index (χ4v) is 2.69. The van der Waals surface area contributed by atoms with Gasteiger partial charge in [0.05, 0.1) is 5.92 Å². The normalized spacial score (nSPS) is 25.2. The maximum Gasteiger partial charge on any atom is 0.235 e. The first kappa shape index (κ1) is 14.0. The van der Waals surface area contributed by atoms with Gasteiger partial charge >= 0.3 is 0 Å². The summed E-state index contributed by atoms with van der Waals surface area (Å²) in [5, 5.41) is 2.59. The van der Waals surface area contributed by atoms with E-state index >= 15 is 0 Å². The molecule has 0 aromatic heterocycles. The van der Waals surface area contributed by atoms with Crippen LogP contribution < -0.4 is 11.1 Å². The van der Waals surface area contributed by atoms with E-state index in [2.05, 4.69) is 5.32 Å². The van der Waals surface area contributed by atoms with Crippen LogP contribution in [0.2, 0.25) is 0 Å². The molecule has 1 fully saturated rings. The Morgan fingerprint density at radius 2 is 1.88 bits per heavy atom. The highest BCUT2D eigenvalue weighted by Gasteiger charge is 2.30. The van der Waals surface area contributed by atoms with Crippen LogP contribution in [0.25, 0.3) is 0 Å². The fourth-order valence-electron chi connectivity index (χ4n) is 2.13. The third kappa shape index (κ3) is 4.72. The summed E-state index contributed by atoms with van der Waals surface area (Å²) in [6.07, 6.45) is 4.14. The van der Waals surface area contributed by atoms with E-state index in [-0.39, 0.29) is 12.0 Å². The lowest BCUT2D eigenvalue weighted by Gasteiger charge is -2.29. The van der Waals surface area contributed by atoms with Gasteiger partial charge in [-0.3, -0.25) is 9.59 Å². The predicted molar refractivity (Wildman–Crippen MR) is 62.8 cm³/mol. The molecule has 0 aromatic carbocycles. The zero-order valence-corrected chi connectivity index (χ0v) is 10.6. The molecule has 1 aliphatic carbocycles. The molecule has 2 unspecified atom stereocenters.